The van der Waals surface area contributed by atoms with E-state index in [9.17, 15) is 13.2 Å². The van der Waals surface area contributed by atoms with Crippen molar-refractivity contribution in [1.82, 2.24) is 0 Å². The van der Waals surface area contributed by atoms with Crippen molar-refractivity contribution in [1.29, 1.82) is 0 Å². The second-order valence-corrected chi connectivity index (χ2v) is 7.52. The number of alkyl halides is 2. The molecule has 1 aromatic rings. The van der Waals surface area contributed by atoms with Gasteiger partial charge in [-0.3, -0.25) is 0 Å². The van der Waals surface area contributed by atoms with Crippen LogP contribution in [0.1, 0.15) is 51.9 Å². The Morgan fingerprint density at radius 1 is 0.960 bits per heavy atom. The summed E-state index contributed by atoms with van der Waals surface area (Å²) in [5.41, 5.74) is 0. The minimum absolute atomic E-state index is 0.0225. The predicted molar refractivity (Wildman–Crippen MR) is 93.1 cm³/mol. The molecular weight excluding hydrogens is 325 g/mol. The minimum Gasteiger partial charge on any atom is -0.432 e. The molecule has 2 aliphatic carbocycles. The summed E-state index contributed by atoms with van der Waals surface area (Å²) in [6, 6.07) is 4.79. The third-order valence-electron chi connectivity index (χ3n) is 5.95. The van der Waals surface area contributed by atoms with Crippen LogP contribution in [0.25, 0.3) is 0 Å². The average molecular weight is 352 g/mol. The molecule has 0 saturated heterocycles. The number of ether oxygens (including phenoxy) is 1. The van der Waals surface area contributed by atoms with E-state index in [1.807, 2.05) is 0 Å². The van der Waals surface area contributed by atoms with E-state index in [2.05, 4.69) is 19.1 Å². The molecule has 1 nitrogen and oxygen atoms in total. The summed E-state index contributed by atoms with van der Waals surface area (Å²) in [6.45, 7) is 2.21. The Labute approximate surface area is 148 Å². The number of halogens is 3. The van der Waals surface area contributed by atoms with Gasteiger partial charge in [0.25, 0.3) is 0 Å². The molecule has 25 heavy (non-hydrogen) atoms. The Bertz CT molecular complexity index is 573. The largest absolute Gasteiger partial charge is 0.432 e. The first kappa shape index (κ1) is 18.3. The van der Waals surface area contributed by atoms with Gasteiger partial charge in [-0.2, -0.15) is 8.78 Å². The fourth-order valence-corrected chi connectivity index (χ4v) is 4.26. The lowest BCUT2D eigenvalue weighted by molar-refractivity contribution is -0.224. The molecule has 4 heteroatoms. The molecule has 0 N–H and O–H groups in total. The number of allylic oxidation sites excluding steroid dienone is 2. The van der Waals surface area contributed by atoms with Gasteiger partial charge >= 0.3 is 6.11 Å². The maximum atomic E-state index is 14.4. The molecular formula is C21H27F3O. The summed E-state index contributed by atoms with van der Waals surface area (Å²) < 4.78 is 46.6. The van der Waals surface area contributed by atoms with Crippen LogP contribution in [-0.4, -0.2) is 6.11 Å². The van der Waals surface area contributed by atoms with Crippen molar-refractivity contribution < 1.29 is 17.9 Å². The van der Waals surface area contributed by atoms with Crippen LogP contribution in [0.5, 0.6) is 5.75 Å². The van der Waals surface area contributed by atoms with Gasteiger partial charge in [0.2, 0.25) is 0 Å². The fraction of sp³-hybridized carbons (Fsp3) is 0.619. The first-order valence-electron chi connectivity index (χ1n) is 9.48. The highest BCUT2D eigenvalue weighted by Gasteiger charge is 2.44. The molecule has 0 aromatic heterocycles. The van der Waals surface area contributed by atoms with Gasteiger partial charge in [-0.15, -0.1) is 0 Å². The first-order valence-corrected chi connectivity index (χ1v) is 9.48. The number of hydrogen-bond acceptors (Lipinski definition) is 1. The zero-order valence-electron chi connectivity index (χ0n) is 14.8. The van der Waals surface area contributed by atoms with Crippen molar-refractivity contribution in [3.8, 4) is 5.75 Å². The molecule has 2 aliphatic rings. The highest BCUT2D eigenvalue weighted by Crippen LogP contribution is 2.44. The highest BCUT2D eigenvalue weighted by molar-refractivity contribution is 5.22. The first-order chi connectivity index (χ1) is 12.0. The maximum absolute atomic E-state index is 14.4. The third kappa shape index (κ3) is 4.59. The van der Waals surface area contributed by atoms with E-state index in [1.54, 1.807) is 0 Å². The van der Waals surface area contributed by atoms with E-state index in [-0.39, 0.29) is 5.75 Å². The van der Waals surface area contributed by atoms with Gasteiger partial charge in [0.05, 0.1) is 5.92 Å². The quantitative estimate of drug-likeness (QED) is 0.543. The summed E-state index contributed by atoms with van der Waals surface area (Å²) in [7, 11) is 0. The molecule has 3 rings (SSSR count). The van der Waals surface area contributed by atoms with Gasteiger partial charge < -0.3 is 4.74 Å². The Morgan fingerprint density at radius 2 is 1.64 bits per heavy atom. The molecule has 1 saturated carbocycles. The van der Waals surface area contributed by atoms with Crippen molar-refractivity contribution in [2.75, 3.05) is 0 Å². The summed E-state index contributed by atoms with van der Waals surface area (Å²) in [5, 5.41) is 0. The van der Waals surface area contributed by atoms with Crippen LogP contribution in [0.2, 0.25) is 0 Å². The Kier molecular flexibility index (Phi) is 5.75. The average Bonchev–Trinajstić information content (AvgIpc) is 2.64. The van der Waals surface area contributed by atoms with Crippen LogP contribution in [0.3, 0.4) is 0 Å². The van der Waals surface area contributed by atoms with Crippen LogP contribution >= 0.6 is 0 Å². The van der Waals surface area contributed by atoms with Gasteiger partial charge in [0.1, 0.15) is 11.6 Å². The van der Waals surface area contributed by atoms with E-state index in [0.717, 1.165) is 25.0 Å². The van der Waals surface area contributed by atoms with Crippen LogP contribution in [-0.2, 0) is 0 Å². The van der Waals surface area contributed by atoms with Gasteiger partial charge in [0, 0.05) is 0 Å². The van der Waals surface area contributed by atoms with Gasteiger partial charge in [-0.05, 0) is 87.0 Å². The van der Waals surface area contributed by atoms with Crippen LogP contribution in [0.15, 0.2) is 36.4 Å². The highest BCUT2D eigenvalue weighted by atomic mass is 19.3. The van der Waals surface area contributed by atoms with Crippen molar-refractivity contribution in [2.24, 2.45) is 23.7 Å². The standard InChI is InChI=1S/C21H27F3O/c1-2-15-3-5-16(6-4-15)17-7-9-18(10-8-17)21(23,24)25-20-13-11-19(22)12-14-20/h3,5,11-18H,2,4,6-10H2,1H3. The predicted octanol–water partition coefficient (Wildman–Crippen LogP) is 6.60. The summed E-state index contributed by atoms with van der Waals surface area (Å²) in [4.78, 5) is 0. The molecule has 0 radical (unpaired) electrons. The zero-order valence-corrected chi connectivity index (χ0v) is 14.8. The monoisotopic (exact) mass is 352 g/mol. The van der Waals surface area contributed by atoms with Crippen molar-refractivity contribution in [3.63, 3.8) is 0 Å². The second-order valence-electron chi connectivity index (χ2n) is 7.52. The zero-order chi connectivity index (χ0) is 17.9. The third-order valence-corrected chi connectivity index (χ3v) is 5.95. The molecule has 0 bridgehead atoms. The Balaban J connectivity index is 1.53. The Hall–Kier alpha value is -1.45. The van der Waals surface area contributed by atoms with E-state index in [0.29, 0.717) is 30.6 Å². The van der Waals surface area contributed by atoms with Gasteiger partial charge in [-0.25, -0.2) is 4.39 Å². The smallest absolute Gasteiger partial charge is 0.400 e. The number of rotatable bonds is 5. The van der Waals surface area contributed by atoms with E-state index < -0.39 is 17.8 Å². The normalized spacial score (nSPS) is 30.2. The lowest BCUT2D eigenvalue weighted by Gasteiger charge is -2.37. The molecule has 0 amide bonds. The molecule has 0 heterocycles. The van der Waals surface area contributed by atoms with Crippen LogP contribution in [0.4, 0.5) is 13.2 Å². The molecule has 138 valence electrons. The van der Waals surface area contributed by atoms with Gasteiger partial charge in [0.15, 0.2) is 0 Å². The molecule has 1 fully saturated rings. The molecule has 2 unspecified atom stereocenters. The molecule has 0 spiro atoms. The van der Waals surface area contributed by atoms with E-state index in [4.69, 9.17) is 4.74 Å². The van der Waals surface area contributed by atoms with Crippen molar-refractivity contribution in [2.45, 2.75) is 58.0 Å². The van der Waals surface area contributed by atoms with Crippen LogP contribution < -0.4 is 4.74 Å². The second kappa shape index (κ2) is 7.84. The lowest BCUT2D eigenvalue weighted by Crippen LogP contribution is -2.38. The van der Waals surface area contributed by atoms with Crippen molar-refractivity contribution in [3.05, 3.63) is 42.2 Å². The summed E-state index contributed by atoms with van der Waals surface area (Å²) >= 11 is 0. The topological polar surface area (TPSA) is 9.23 Å². The number of benzene rings is 1. The van der Waals surface area contributed by atoms with E-state index >= 15 is 0 Å². The van der Waals surface area contributed by atoms with Gasteiger partial charge in [-0.1, -0.05) is 19.1 Å². The van der Waals surface area contributed by atoms with E-state index in [1.165, 1.54) is 31.4 Å². The SMILES string of the molecule is CCC1C=CC(C2CCC(C(F)(F)Oc3ccc(F)cc3)CC2)CC1. The molecule has 0 aliphatic heterocycles. The van der Waals surface area contributed by atoms with Crippen molar-refractivity contribution >= 4 is 0 Å². The van der Waals surface area contributed by atoms with Crippen LogP contribution in [0, 0.1) is 29.5 Å². The fourth-order valence-electron chi connectivity index (χ4n) is 4.26. The molecule has 2 atom stereocenters. The summed E-state index contributed by atoms with van der Waals surface area (Å²) in [6.07, 6.45) is 7.69. The lowest BCUT2D eigenvalue weighted by atomic mass is 9.71. The number of hydrogen-bond donors (Lipinski definition) is 0. The summed E-state index contributed by atoms with van der Waals surface area (Å²) in [5.74, 6) is 0.574. The maximum Gasteiger partial charge on any atom is 0.400 e. The molecule has 1 aromatic carbocycles. The minimum atomic E-state index is -3.20. The Morgan fingerprint density at radius 3 is 2.20 bits per heavy atom.